The van der Waals surface area contributed by atoms with Crippen LogP contribution in [-0.2, 0) is 29.3 Å². The quantitative estimate of drug-likeness (QED) is 0.0551. The highest BCUT2D eigenvalue weighted by Gasteiger charge is 2.31. The van der Waals surface area contributed by atoms with Crippen LogP contribution in [0.4, 0.5) is 17.6 Å². The van der Waals surface area contributed by atoms with Crippen LogP contribution in [0.5, 0.6) is 11.5 Å². The van der Waals surface area contributed by atoms with E-state index in [-0.39, 0.29) is 70.7 Å². The number of nitrogens with zero attached hydrogens (tertiary/aromatic N) is 2. The molecule has 2 aliphatic rings. The Morgan fingerprint density at radius 3 is 1.39 bits per heavy atom. The summed E-state index contributed by atoms with van der Waals surface area (Å²) in [5.74, 6) is 0.839. The maximum atomic E-state index is 12.9. The number of rotatable bonds is 20. The topological polar surface area (TPSA) is 178 Å². The van der Waals surface area contributed by atoms with Gasteiger partial charge in [0, 0.05) is 46.9 Å². The van der Waals surface area contributed by atoms with Crippen LogP contribution in [0.3, 0.4) is 0 Å². The van der Waals surface area contributed by atoms with Crippen molar-refractivity contribution in [2.24, 2.45) is 11.8 Å². The molecule has 2 heterocycles. The van der Waals surface area contributed by atoms with Gasteiger partial charge in [-0.15, -0.1) is 0 Å². The van der Waals surface area contributed by atoms with Gasteiger partial charge in [-0.2, -0.15) is 17.6 Å². The van der Waals surface area contributed by atoms with E-state index in [1.165, 1.54) is 19.1 Å². The summed E-state index contributed by atoms with van der Waals surface area (Å²) < 4.78 is 112. The van der Waals surface area contributed by atoms with E-state index < -0.39 is 44.7 Å². The molecule has 6 aromatic carbocycles. The molecule has 76 heavy (non-hydrogen) atoms. The maximum absolute atomic E-state index is 12.9. The number of H-pyrrole nitrogens is 2. The molecule has 2 unspecified atom stereocenters. The van der Waals surface area contributed by atoms with Gasteiger partial charge in [0.25, 0.3) is 0 Å². The average Bonchev–Trinajstić information content (AvgIpc) is 4.29. The van der Waals surface area contributed by atoms with Gasteiger partial charge in [0.1, 0.15) is 35.2 Å². The SMILES string of the molecule is C.CC(=O)CC(c1ccc(S(=O)(=O)CC2CC2)cc1)c1nc2cc(-c3ccccc3OC(F)F)c(Cl)cc2[nH]1.O=CCC(c1ccc(S(=O)(=O)CC2CC2)cc1)c1nc2cc(-c3ccccc3OC(F)F)c(Cl)cc2[nH]1. The van der Waals surface area contributed by atoms with Crippen molar-refractivity contribution in [3.05, 3.63) is 154 Å². The number of para-hydroxylation sites is 2. The van der Waals surface area contributed by atoms with Gasteiger partial charge in [-0.05, 0) is 116 Å². The van der Waals surface area contributed by atoms with Gasteiger partial charge >= 0.3 is 13.2 Å². The minimum absolute atomic E-state index is 0. The Labute approximate surface area is 447 Å². The Hall–Kier alpha value is -6.60. The Balaban J connectivity index is 0.000000199. The molecule has 2 aliphatic carbocycles. The third-order valence-electron chi connectivity index (χ3n) is 13.0. The molecule has 8 aromatic rings. The number of Topliss-reactive ketones (excluding diaryl/α,β-unsaturated/α-hetero) is 1. The molecule has 2 fully saturated rings. The lowest BCUT2D eigenvalue weighted by Gasteiger charge is -2.14. The number of sulfone groups is 2. The van der Waals surface area contributed by atoms with E-state index in [4.69, 9.17) is 28.2 Å². The molecule has 12 nitrogen and oxygen atoms in total. The molecule has 0 spiro atoms. The van der Waals surface area contributed by atoms with Crippen LogP contribution >= 0.6 is 23.2 Å². The molecule has 0 bridgehead atoms. The van der Waals surface area contributed by atoms with E-state index in [9.17, 15) is 44.0 Å². The molecule has 398 valence electrons. The number of aromatic nitrogens is 4. The number of ether oxygens (including phenoxy) is 2. The van der Waals surface area contributed by atoms with Gasteiger partial charge in [-0.1, -0.05) is 91.3 Å². The number of aldehydes is 1. The van der Waals surface area contributed by atoms with Crippen molar-refractivity contribution >= 4 is 77.0 Å². The first-order chi connectivity index (χ1) is 35.8. The van der Waals surface area contributed by atoms with Crippen LogP contribution < -0.4 is 9.47 Å². The zero-order valence-electron chi connectivity index (χ0n) is 40.0. The van der Waals surface area contributed by atoms with Crippen molar-refractivity contribution < 1.29 is 53.5 Å². The van der Waals surface area contributed by atoms with Gasteiger partial charge in [0.2, 0.25) is 0 Å². The lowest BCUT2D eigenvalue weighted by atomic mass is 9.93. The lowest BCUT2D eigenvalue weighted by molar-refractivity contribution is -0.117. The van der Waals surface area contributed by atoms with Gasteiger partial charge < -0.3 is 24.2 Å². The number of halogens is 6. The minimum atomic E-state index is -3.36. The predicted molar refractivity (Wildman–Crippen MR) is 285 cm³/mol. The first-order valence-electron chi connectivity index (χ1n) is 23.9. The highest BCUT2D eigenvalue weighted by molar-refractivity contribution is 7.91. The largest absolute Gasteiger partial charge is 0.434 e. The average molecular weight is 1120 g/mol. The number of fused-ring (bicyclic) bond motifs is 2. The van der Waals surface area contributed by atoms with E-state index in [1.54, 1.807) is 109 Å². The predicted octanol–water partition coefficient (Wildman–Crippen LogP) is 13.8. The second kappa shape index (κ2) is 23.3. The lowest BCUT2D eigenvalue weighted by Crippen LogP contribution is -2.10. The van der Waals surface area contributed by atoms with Gasteiger partial charge in [-0.3, -0.25) is 4.79 Å². The standard InChI is InChI=1S/C28H25ClF2N2O4S.C27H23ClF2N2O4S.CH4/c1-16(34)12-21(18-8-10-19(11-9-18)38(35,36)15-17-6-7-17)27-32-24-13-22(23(29)14-25(24)33-27)20-4-2-3-5-26(20)37-28(30)31;28-22-14-24-23(13-21(22)20-3-1-2-4-25(20)36-27(29)30)31-26(32-24)19(11-12-33)17-7-9-18(10-8-17)37(34,35)15-16-5-6-16;/h2-5,8-11,13-14,17,21,28H,6-7,12,15H2,1H3,(H,32,33);1-4,7-10,12-14,16,19,27H,5-6,11,15H2,(H,31,32);1H4. The molecule has 2 N–H and O–H groups in total. The molecule has 0 aliphatic heterocycles. The monoisotopic (exact) mass is 1120 g/mol. The molecule has 2 atom stereocenters. The molecule has 0 radical (unpaired) electrons. The molecule has 0 saturated heterocycles. The van der Waals surface area contributed by atoms with Crippen LogP contribution in [0.15, 0.2) is 131 Å². The Morgan fingerprint density at radius 1 is 0.618 bits per heavy atom. The van der Waals surface area contributed by atoms with Crippen LogP contribution in [-0.4, -0.2) is 73.6 Å². The summed E-state index contributed by atoms with van der Waals surface area (Å²) in [6.45, 7) is -4.49. The van der Waals surface area contributed by atoms with Gasteiger partial charge in [0.05, 0.1) is 53.4 Å². The number of hydrogen-bond acceptors (Lipinski definition) is 10. The number of carbonyl (C=O) groups is 2. The van der Waals surface area contributed by atoms with E-state index in [0.29, 0.717) is 66.0 Å². The number of hydrogen-bond donors (Lipinski definition) is 2. The van der Waals surface area contributed by atoms with E-state index in [0.717, 1.165) is 43.1 Å². The maximum Gasteiger partial charge on any atom is 0.387 e. The number of imidazole rings is 2. The Kier molecular flexibility index (Phi) is 17.1. The van der Waals surface area contributed by atoms with Crippen LogP contribution in [0.25, 0.3) is 44.3 Å². The number of alkyl halides is 4. The van der Waals surface area contributed by atoms with E-state index in [2.05, 4.69) is 24.4 Å². The first kappa shape index (κ1) is 55.6. The Morgan fingerprint density at radius 2 is 1.01 bits per heavy atom. The van der Waals surface area contributed by atoms with Gasteiger partial charge in [0.15, 0.2) is 19.7 Å². The van der Waals surface area contributed by atoms with Crippen LogP contribution in [0.1, 0.15) is 87.5 Å². The van der Waals surface area contributed by atoms with Crippen LogP contribution in [0.2, 0.25) is 10.0 Å². The second-order valence-electron chi connectivity index (χ2n) is 18.7. The zero-order valence-corrected chi connectivity index (χ0v) is 43.1. The fraction of sp³-hybridized carbons (Fsp3) is 0.286. The van der Waals surface area contributed by atoms with Crippen molar-refractivity contribution in [3.63, 3.8) is 0 Å². The summed E-state index contributed by atoms with van der Waals surface area (Å²) in [6, 6.07) is 32.5. The van der Waals surface area contributed by atoms with Crippen molar-refractivity contribution in [3.8, 4) is 33.8 Å². The number of nitrogens with one attached hydrogen (secondary N) is 2. The van der Waals surface area contributed by atoms with E-state index in [1.807, 2.05) is 0 Å². The fourth-order valence-corrected chi connectivity index (χ4v) is 12.9. The summed E-state index contributed by atoms with van der Waals surface area (Å²) in [6.07, 6.45) is 4.84. The summed E-state index contributed by atoms with van der Waals surface area (Å²) in [4.78, 5) is 40.0. The molecule has 2 aromatic heterocycles. The molecule has 2 saturated carbocycles. The smallest absolute Gasteiger partial charge is 0.387 e. The Bertz CT molecular complexity index is 3630. The summed E-state index contributed by atoms with van der Waals surface area (Å²) in [5.41, 5.74) is 5.49. The molecule has 10 rings (SSSR count). The van der Waals surface area contributed by atoms with Crippen molar-refractivity contribution in [1.29, 1.82) is 0 Å². The van der Waals surface area contributed by atoms with E-state index >= 15 is 0 Å². The fourth-order valence-electron chi connectivity index (χ4n) is 8.98. The normalized spacial score (nSPS) is 14.5. The first-order valence-corrected chi connectivity index (χ1v) is 28.0. The van der Waals surface area contributed by atoms with Crippen LogP contribution in [0, 0.1) is 11.8 Å². The third-order valence-corrected chi connectivity index (χ3v) is 17.5. The third kappa shape index (κ3) is 13.1. The highest BCUT2D eigenvalue weighted by Crippen LogP contribution is 2.41. The number of carbonyl (C=O) groups excluding carboxylic acids is 2. The molecule has 0 amide bonds. The summed E-state index contributed by atoms with van der Waals surface area (Å²) >= 11 is 13.0. The van der Waals surface area contributed by atoms with Gasteiger partial charge in [-0.25, -0.2) is 26.8 Å². The number of benzene rings is 6. The highest BCUT2D eigenvalue weighted by atomic mass is 35.5. The second-order valence-corrected chi connectivity index (χ2v) is 23.6. The van der Waals surface area contributed by atoms with Crippen molar-refractivity contribution in [2.75, 3.05) is 11.5 Å². The molecular weight excluding hydrogens is 1070 g/mol. The summed E-state index contributed by atoms with van der Waals surface area (Å²) in [7, 11) is -6.71. The number of aromatic amines is 2. The molecule has 20 heteroatoms. The number of ketones is 1. The minimum Gasteiger partial charge on any atom is -0.434 e. The molecular formula is C56H52Cl2F4N4O8S2. The zero-order chi connectivity index (χ0) is 53.2. The van der Waals surface area contributed by atoms with Crippen molar-refractivity contribution in [2.45, 2.75) is 87.7 Å². The summed E-state index contributed by atoms with van der Waals surface area (Å²) in [5, 5.41) is 0.622. The van der Waals surface area contributed by atoms with Crippen molar-refractivity contribution in [1.82, 2.24) is 19.9 Å².